The number of piperidine rings is 1. The van der Waals surface area contributed by atoms with Crippen molar-refractivity contribution in [3.8, 4) is 0 Å². The summed E-state index contributed by atoms with van der Waals surface area (Å²) in [7, 11) is 0. The van der Waals surface area contributed by atoms with E-state index >= 15 is 0 Å². The number of hydrogen-bond acceptors (Lipinski definition) is 2. The number of likely N-dealkylation sites (tertiary alicyclic amines) is 1. The number of nitrogens with zero attached hydrogens (tertiary/aromatic N) is 1. The lowest BCUT2D eigenvalue weighted by atomic mass is 9.85. The summed E-state index contributed by atoms with van der Waals surface area (Å²) in [5.41, 5.74) is 0.586. The van der Waals surface area contributed by atoms with Crippen LogP contribution >= 0.6 is 0 Å². The zero-order chi connectivity index (χ0) is 11.4. The summed E-state index contributed by atoms with van der Waals surface area (Å²) in [6.07, 6.45) is 6.98. The monoisotopic (exact) mass is 224 g/mol. The van der Waals surface area contributed by atoms with Crippen LogP contribution in [0, 0.1) is 11.3 Å². The Kier molecular flexibility index (Phi) is 4.26. The van der Waals surface area contributed by atoms with E-state index in [1.54, 1.807) is 0 Å². The summed E-state index contributed by atoms with van der Waals surface area (Å²) in [6, 6.07) is 0. The summed E-state index contributed by atoms with van der Waals surface area (Å²) in [5, 5.41) is 3.46. The highest BCUT2D eigenvalue weighted by molar-refractivity contribution is 4.79. The second-order valence-electron chi connectivity index (χ2n) is 6.51. The van der Waals surface area contributed by atoms with Crippen molar-refractivity contribution in [2.75, 3.05) is 32.7 Å². The molecule has 0 unspecified atom stereocenters. The van der Waals surface area contributed by atoms with Crippen molar-refractivity contribution in [2.45, 2.75) is 46.0 Å². The molecule has 0 saturated carbocycles. The van der Waals surface area contributed by atoms with Gasteiger partial charge in [0.1, 0.15) is 0 Å². The van der Waals surface area contributed by atoms with Crippen LogP contribution in [0.2, 0.25) is 0 Å². The van der Waals surface area contributed by atoms with Crippen LogP contribution in [-0.2, 0) is 0 Å². The molecule has 0 spiro atoms. The van der Waals surface area contributed by atoms with Crippen LogP contribution in [0.4, 0.5) is 0 Å². The molecule has 0 aromatic rings. The van der Waals surface area contributed by atoms with Gasteiger partial charge in [-0.2, -0.15) is 0 Å². The highest BCUT2D eigenvalue weighted by Crippen LogP contribution is 2.30. The Hall–Kier alpha value is -0.0800. The van der Waals surface area contributed by atoms with E-state index < -0.39 is 0 Å². The van der Waals surface area contributed by atoms with Crippen LogP contribution in [-0.4, -0.2) is 37.6 Å². The Bertz CT molecular complexity index is 207. The first kappa shape index (κ1) is 12.4. The molecule has 2 aliphatic heterocycles. The van der Waals surface area contributed by atoms with E-state index in [2.05, 4.69) is 24.1 Å². The predicted octanol–water partition coefficient (Wildman–Crippen LogP) is 2.50. The number of hydrogen-bond donors (Lipinski definition) is 1. The fourth-order valence-corrected chi connectivity index (χ4v) is 3.09. The van der Waals surface area contributed by atoms with Crippen molar-refractivity contribution in [1.82, 2.24) is 10.2 Å². The minimum atomic E-state index is 0.586. The minimum Gasteiger partial charge on any atom is -0.317 e. The van der Waals surface area contributed by atoms with Crippen molar-refractivity contribution in [3.63, 3.8) is 0 Å². The molecule has 2 nitrogen and oxygen atoms in total. The van der Waals surface area contributed by atoms with E-state index in [1.807, 2.05) is 0 Å². The molecular weight excluding hydrogens is 196 g/mol. The maximum absolute atomic E-state index is 3.46. The number of rotatable bonds is 2. The smallest absolute Gasteiger partial charge is 0.00106 e. The zero-order valence-electron chi connectivity index (χ0n) is 11.1. The van der Waals surface area contributed by atoms with Gasteiger partial charge in [0, 0.05) is 6.54 Å². The molecule has 2 heteroatoms. The Morgan fingerprint density at radius 3 is 2.62 bits per heavy atom. The van der Waals surface area contributed by atoms with Gasteiger partial charge < -0.3 is 10.2 Å². The Labute approximate surface area is 101 Å². The molecule has 0 radical (unpaired) electrons. The molecule has 0 aromatic heterocycles. The molecule has 2 aliphatic rings. The fourth-order valence-electron chi connectivity index (χ4n) is 3.09. The van der Waals surface area contributed by atoms with Gasteiger partial charge in [0.2, 0.25) is 0 Å². The molecule has 0 aliphatic carbocycles. The van der Waals surface area contributed by atoms with Crippen LogP contribution in [0.15, 0.2) is 0 Å². The lowest BCUT2D eigenvalue weighted by molar-refractivity contribution is 0.204. The molecule has 16 heavy (non-hydrogen) atoms. The van der Waals surface area contributed by atoms with E-state index in [9.17, 15) is 0 Å². The predicted molar refractivity (Wildman–Crippen MR) is 69.7 cm³/mol. The maximum Gasteiger partial charge on any atom is 0.00106 e. The summed E-state index contributed by atoms with van der Waals surface area (Å²) < 4.78 is 0. The first-order valence-corrected chi connectivity index (χ1v) is 7.09. The van der Waals surface area contributed by atoms with Crippen LogP contribution in [0.25, 0.3) is 0 Å². The molecule has 0 atom stereocenters. The molecule has 2 rings (SSSR count). The van der Waals surface area contributed by atoms with Gasteiger partial charge in [-0.15, -0.1) is 0 Å². The summed E-state index contributed by atoms with van der Waals surface area (Å²) in [5.74, 6) is 0.961. The van der Waals surface area contributed by atoms with Crippen molar-refractivity contribution in [3.05, 3.63) is 0 Å². The van der Waals surface area contributed by atoms with Crippen LogP contribution in [0.3, 0.4) is 0 Å². The second kappa shape index (κ2) is 5.50. The SMILES string of the molecule is CC1(C)CCCN(CC2CCNCC2)CC1. The van der Waals surface area contributed by atoms with Gasteiger partial charge in [-0.25, -0.2) is 0 Å². The van der Waals surface area contributed by atoms with E-state index in [0.717, 1.165) is 5.92 Å². The van der Waals surface area contributed by atoms with Crippen LogP contribution < -0.4 is 5.32 Å². The minimum absolute atomic E-state index is 0.586. The third-order valence-corrected chi connectivity index (χ3v) is 4.41. The third kappa shape index (κ3) is 3.74. The first-order chi connectivity index (χ1) is 7.66. The average molecular weight is 224 g/mol. The van der Waals surface area contributed by atoms with E-state index in [-0.39, 0.29) is 0 Å². The van der Waals surface area contributed by atoms with Gasteiger partial charge in [-0.3, -0.25) is 0 Å². The standard InChI is InChI=1S/C14H28N2/c1-14(2)6-3-10-16(11-7-14)12-13-4-8-15-9-5-13/h13,15H,3-12H2,1-2H3. The number of nitrogens with one attached hydrogen (secondary N) is 1. The van der Waals surface area contributed by atoms with Crippen molar-refractivity contribution < 1.29 is 0 Å². The zero-order valence-corrected chi connectivity index (χ0v) is 11.1. The molecule has 2 heterocycles. The maximum atomic E-state index is 3.46. The average Bonchev–Trinajstić information content (AvgIpc) is 2.42. The van der Waals surface area contributed by atoms with Gasteiger partial charge in [-0.05, 0) is 69.6 Å². The van der Waals surface area contributed by atoms with E-state index in [4.69, 9.17) is 0 Å². The highest BCUT2D eigenvalue weighted by atomic mass is 15.1. The van der Waals surface area contributed by atoms with E-state index in [1.165, 1.54) is 64.8 Å². The van der Waals surface area contributed by atoms with Crippen molar-refractivity contribution in [1.29, 1.82) is 0 Å². The van der Waals surface area contributed by atoms with Crippen LogP contribution in [0.5, 0.6) is 0 Å². The summed E-state index contributed by atoms with van der Waals surface area (Å²) in [6.45, 7) is 11.4. The van der Waals surface area contributed by atoms with Crippen molar-refractivity contribution >= 4 is 0 Å². The second-order valence-corrected chi connectivity index (χ2v) is 6.51. The molecule has 94 valence electrons. The molecule has 2 fully saturated rings. The normalized spacial score (nSPS) is 28.9. The third-order valence-electron chi connectivity index (χ3n) is 4.41. The van der Waals surface area contributed by atoms with Crippen LogP contribution in [0.1, 0.15) is 46.0 Å². The van der Waals surface area contributed by atoms with Gasteiger partial charge in [-0.1, -0.05) is 13.8 Å². The molecule has 0 amide bonds. The van der Waals surface area contributed by atoms with Gasteiger partial charge in [0.25, 0.3) is 0 Å². The van der Waals surface area contributed by atoms with Crippen molar-refractivity contribution in [2.24, 2.45) is 11.3 Å². The van der Waals surface area contributed by atoms with Gasteiger partial charge in [0.15, 0.2) is 0 Å². The molecular formula is C14H28N2. The molecule has 0 aromatic carbocycles. The first-order valence-electron chi connectivity index (χ1n) is 7.09. The highest BCUT2D eigenvalue weighted by Gasteiger charge is 2.24. The van der Waals surface area contributed by atoms with Gasteiger partial charge in [0.05, 0.1) is 0 Å². The summed E-state index contributed by atoms with van der Waals surface area (Å²) >= 11 is 0. The Morgan fingerprint density at radius 1 is 1.12 bits per heavy atom. The Balaban J connectivity index is 1.76. The molecule has 0 bridgehead atoms. The lowest BCUT2D eigenvalue weighted by Gasteiger charge is -2.29. The Morgan fingerprint density at radius 2 is 1.88 bits per heavy atom. The lowest BCUT2D eigenvalue weighted by Crippen LogP contribution is -2.36. The fraction of sp³-hybridized carbons (Fsp3) is 1.00. The van der Waals surface area contributed by atoms with Gasteiger partial charge >= 0.3 is 0 Å². The summed E-state index contributed by atoms with van der Waals surface area (Å²) in [4.78, 5) is 2.73. The van der Waals surface area contributed by atoms with E-state index in [0.29, 0.717) is 5.41 Å². The largest absolute Gasteiger partial charge is 0.317 e. The molecule has 2 saturated heterocycles. The quantitative estimate of drug-likeness (QED) is 0.775. The topological polar surface area (TPSA) is 15.3 Å². The molecule has 1 N–H and O–H groups in total.